The maximum absolute atomic E-state index is 12.9. The fraction of sp³-hybridized carbons (Fsp3) is 0.182. The van der Waals surface area contributed by atoms with Crippen molar-refractivity contribution in [2.45, 2.75) is 18.2 Å². The number of rotatable bonds is 7. The number of halogens is 1. The third kappa shape index (κ3) is 5.37. The zero-order valence-electron chi connectivity index (χ0n) is 16.7. The molecule has 3 aromatic rings. The van der Waals surface area contributed by atoms with Gasteiger partial charge in [-0.25, -0.2) is 8.42 Å². The lowest BCUT2D eigenvalue weighted by Crippen LogP contribution is -2.29. The molecule has 0 aliphatic heterocycles. The molecule has 2 aromatic carbocycles. The van der Waals surface area contributed by atoms with Gasteiger partial charge < -0.3 is 4.90 Å². The summed E-state index contributed by atoms with van der Waals surface area (Å²) in [6.45, 7) is 2.29. The monoisotopic (exact) mass is 443 g/mol. The Hall–Kier alpha value is -2.90. The molecule has 0 aliphatic rings. The summed E-state index contributed by atoms with van der Waals surface area (Å²) in [5.74, 6) is -0.358. The van der Waals surface area contributed by atoms with Crippen molar-refractivity contribution >= 4 is 33.2 Å². The van der Waals surface area contributed by atoms with Crippen LogP contribution < -0.4 is 4.72 Å². The molecule has 0 unspecified atom stereocenters. The summed E-state index contributed by atoms with van der Waals surface area (Å²) in [4.78, 5) is 18.6. The highest BCUT2D eigenvalue weighted by Crippen LogP contribution is 2.24. The van der Waals surface area contributed by atoms with Gasteiger partial charge in [-0.3, -0.25) is 14.5 Å². The van der Waals surface area contributed by atoms with Crippen molar-refractivity contribution in [3.63, 3.8) is 0 Å². The molecule has 0 spiro atoms. The van der Waals surface area contributed by atoms with E-state index in [1.165, 1.54) is 23.1 Å². The van der Waals surface area contributed by atoms with Crippen LogP contribution in [-0.2, 0) is 16.4 Å². The number of aromatic nitrogens is 1. The van der Waals surface area contributed by atoms with Crippen LogP contribution in [0.1, 0.15) is 21.6 Å². The SMILES string of the molecule is Cc1cccc(NS(=O)(=O)c2ccc(Cl)c(C(=O)N(C)CCc3ccccn3)c2)c1. The summed E-state index contributed by atoms with van der Waals surface area (Å²) in [7, 11) is -2.23. The molecule has 156 valence electrons. The molecule has 0 saturated heterocycles. The number of pyridine rings is 1. The summed E-state index contributed by atoms with van der Waals surface area (Å²) in [5, 5.41) is 0.194. The number of hydrogen-bond acceptors (Lipinski definition) is 4. The van der Waals surface area contributed by atoms with Crippen LogP contribution in [0.25, 0.3) is 0 Å². The molecule has 0 bridgehead atoms. The first-order valence-corrected chi connectivity index (χ1v) is 11.2. The third-order valence-corrected chi connectivity index (χ3v) is 6.23. The van der Waals surface area contributed by atoms with Crippen LogP contribution in [0.5, 0.6) is 0 Å². The minimum absolute atomic E-state index is 0.0325. The van der Waals surface area contributed by atoms with Gasteiger partial charge in [-0.2, -0.15) is 0 Å². The standard InChI is InChI=1S/C22H22ClN3O3S/c1-16-6-5-8-18(14-16)25-30(28,29)19-9-10-21(23)20(15-19)22(27)26(2)13-11-17-7-3-4-12-24-17/h3-10,12,14-15,25H,11,13H2,1-2H3. The summed E-state index contributed by atoms with van der Waals surface area (Å²) in [6, 6.07) is 16.7. The zero-order chi connectivity index (χ0) is 21.7. The topological polar surface area (TPSA) is 79.4 Å². The van der Waals surface area contributed by atoms with Gasteiger partial charge in [0.1, 0.15) is 0 Å². The van der Waals surface area contributed by atoms with E-state index in [1.54, 1.807) is 31.4 Å². The van der Waals surface area contributed by atoms with Crippen molar-refractivity contribution in [1.82, 2.24) is 9.88 Å². The van der Waals surface area contributed by atoms with E-state index in [1.807, 2.05) is 31.2 Å². The van der Waals surface area contributed by atoms with Gasteiger partial charge in [-0.1, -0.05) is 29.8 Å². The largest absolute Gasteiger partial charge is 0.341 e. The Labute approximate surface area is 181 Å². The van der Waals surface area contributed by atoms with Crippen LogP contribution >= 0.6 is 11.6 Å². The quantitative estimate of drug-likeness (QED) is 0.594. The summed E-state index contributed by atoms with van der Waals surface area (Å²) >= 11 is 6.21. The molecule has 0 radical (unpaired) electrons. The van der Waals surface area contributed by atoms with Gasteiger partial charge in [0, 0.05) is 37.6 Å². The number of carbonyl (C=O) groups is 1. The van der Waals surface area contributed by atoms with Gasteiger partial charge in [0.15, 0.2) is 0 Å². The molecule has 8 heteroatoms. The Morgan fingerprint density at radius 3 is 2.60 bits per heavy atom. The second-order valence-electron chi connectivity index (χ2n) is 6.91. The highest BCUT2D eigenvalue weighted by atomic mass is 35.5. The number of amides is 1. The average molecular weight is 444 g/mol. The van der Waals surface area contributed by atoms with Crippen molar-refractivity contribution in [2.24, 2.45) is 0 Å². The average Bonchev–Trinajstić information content (AvgIpc) is 2.72. The summed E-state index contributed by atoms with van der Waals surface area (Å²) in [6.07, 6.45) is 2.27. The molecule has 1 aromatic heterocycles. The molecule has 0 aliphatic carbocycles. The van der Waals surface area contributed by atoms with Gasteiger partial charge in [-0.15, -0.1) is 0 Å². The van der Waals surface area contributed by atoms with Crippen LogP contribution in [0.3, 0.4) is 0 Å². The maximum atomic E-state index is 12.9. The zero-order valence-corrected chi connectivity index (χ0v) is 18.2. The van der Waals surface area contributed by atoms with Crippen LogP contribution in [0.15, 0.2) is 71.8 Å². The number of nitrogens with zero attached hydrogens (tertiary/aromatic N) is 2. The number of hydrogen-bond donors (Lipinski definition) is 1. The first kappa shape index (κ1) is 21.8. The van der Waals surface area contributed by atoms with Gasteiger partial charge in [0.05, 0.1) is 15.5 Å². The molecular formula is C22H22ClN3O3S. The van der Waals surface area contributed by atoms with E-state index in [4.69, 9.17) is 11.6 Å². The highest BCUT2D eigenvalue weighted by molar-refractivity contribution is 7.92. The smallest absolute Gasteiger partial charge is 0.261 e. The lowest BCUT2D eigenvalue weighted by Gasteiger charge is -2.18. The number of sulfonamides is 1. The Bertz CT molecular complexity index is 1150. The summed E-state index contributed by atoms with van der Waals surface area (Å²) in [5.41, 5.74) is 2.37. The molecule has 0 fully saturated rings. The van der Waals surface area contributed by atoms with E-state index < -0.39 is 10.0 Å². The first-order chi connectivity index (χ1) is 14.3. The number of carbonyl (C=O) groups excluding carboxylic acids is 1. The second kappa shape index (κ2) is 9.28. The number of nitrogens with one attached hydrogen (secondary N) is 1. The molecule has 1 amide bonds. The van der Waals surface area contributed by atoms with E-state index in [0.29, 0.717) is 18.7 Å². The van der Waals surface area contributed by atoms with Gasteiger partial charge in [-0.05, 0) is 55.0 Å². The van der Waals surface area contributed by atoms with E-state index in [0.717, 1.165) is 11.3 Å². The number of likely N-dealkylation sites (N-methyl/N-ethyl adjacent to an activating group) is 1. The number of benzene rings is 2. The van der Waals surface area contributed by atoms with E-state index in [-0.39, 0.29) is 21.4 Å². The van der Waals surface area contributed by atoms with Crippen LogP contribution in [0.4, 0.5) is 5.69 Å². The van der Waals surface area contributed by atoms with Crippen molar-refractivity contribution in [2.75, 3.05) is 18.3 Å². The van der Waals surface area contributed by atoms with Crippen LogP contribution in [-0.4, -0.2) is 37.8 Å². The van der Waals surface area contributed by atoms with Crippen molar-refractivity contribution < 1.29 is 13.2 Å². The van der Waals surface area contributed by atoms with Gasteiger partial charge in [0.2, 0.25) is 0 Å². The lowest BCUT2D eigenvalue weighted by atomic mass is 10.2. The predicted molar refractivity (Wildman–Crippen MR) is 118 cm³/mol. The minimum atomic E-state index is -3.87. The van der Waals surface area contributed by atoms with Crippen molar-refractivity contribution in [3.05, 3.63) is 88.7 Å². The first-order valence-electron chi connectivity index (χ1n) is 9.31. The van der Waals surface area contributed by atoms with E-state index in [9.17, 15) is 13.2 Å². The molecule has 6 nitrogen and oxygen atoms in total. The molecular weight excluding hydrogens is 422 g/mol. The molecule has 0 saturated carbocycles. The molecule has 3 rings (SSSR count). The van der Waals surface area contributed by atoms with E-state index in [2.05, 4.69) is 9.71 Å². The predicted octanol–water partition coefficient (Wildman–Crippen LogP) is 4.16. The number of aryl methyl sites for hydroxylation is 1. The van der Waals surface area contributed by atoms with Gasteiger partial charge in [0.25, 0.3) is 15.9 Å². The fourth-order valence-electron chi connectivity index (χ4n) is 2.89. The normalized spacial score (nSPS) is 11.2. The molecule has 1 N–H and O–H groups in total. The molecule has 30 heavy (non-hydrogen) atoms. The highest BCUT2D eigenvalue weighted by Gasteiger charge is 2.21. The number of anilines is 1. The Balaban J connectivity index is 1.79. The molecule has 1 heterocycles. The second-order valence-corrected chi connectivity index (χ2v) is 9.00. The maximum Gasteiger partial charge on any atom is 0.261 e. The Kier molecular flexibility index (Phi) is 6.74. The van der Waals surface area contributed by atoms with Crippen LogP contribution in [0.2, 0.25) is 5.02 Å². The van der Waals surface area contributed by atoms with Crippen LogP contribution in [0, 0.1) is 6.92 Å². The lowest BCUT2D eigenvalue weighted by molar-refractivity contribution is 0.0796. The van der Waals surface area contributed by atoms with Gasteiger partial charge >= 0.3 is 0 Å². The molecule has 0 atom stereocenters. The van der Waals surface area contributed by atoms with Crippen molar-refractivity contribution in [3.8, 4) is 0 Å². The third-order valence-electron chi connectivity index (χ3n) is 4.53. The Morgan fingerprint density at radius 1 is 1.10 bits per heavy atom. The Morgan fingerprint density at radius 2 is 1.90 bits per heavy atom. The summed E-state index contributed by atoms with van der Waals surface area (Å²) < 4.78 is 28.1. The fourth-order valence-corrected chi connectivity index (χ4v) is 4.17. The van der Waals surface area contributed by atoms with E-state index >= 15 is 0 Å². The minimum Gasteiger partial charge on any atom is -0.341 e. The van der Waals surface area contributed by atoms with Crippen molar-refractivity contribution in [1.29, 1.82) is 0 Å².